The van der Waals surface area contributed by atoms with E-state index in [1.165, 1.54) is 50.1 Å². The summed E-state index contributed by atoms with van der Waals surface area (Å²) in [5, 5.41) is 3.71. The second-order valence-electron chi connectivity index (χ2n) is 6.14. The fraction of sp³-hybridized carbons (Fsp3) is 0.625. The Morgan fingerprint density at radius 3 is 2.63 bits per heavy atom. The SMILES string of the molecule is CN(C)c1ccc(NC2CCN3CCCC3C2)cc1. The molecule has 3 rings (SSSR count). The Labute approximate surface area is 116 Å². The van der Waals surface area contributed by atoms with Gasteiger partial charge in [-0.05, 0) is 56.5 Å². The third-order valence-electron chi connectivity index (χ3n) is 4.57. The molecule has 1 N–H and O–H groups in total. The monoisotopic (exact) mass is 259 g/mol. The molecule has 0 aliphatic carbocycles. The topological polar surface area (TPSA) is 18.5 Å². The van der Waals surface area contributed by atoms with Crippen LogP contribution in [0.15, 0.2) is 24.3 Å². The zero-order chi connectivity index (χ0) is 13.2. The van der Waals surface area contributed by atoms with E-state index >= 15 is 0 Å². The fourth-order valence-electron chi connectivity index (χ4n) is 3.45. The number of hydrogen-bond acceptors (Lipinski definition) is 3. The Morgan fingerprint density at radius 2 is 1.89 bits per heavy atom. The molecule has 2 saturated heterocycles. The molecule has 0 radical (unpaired) electrons. The summed E-state index contributed by atoms with van der Waals surface area (Å²) >= 11 is 0. The molecule has 0 amide bonds. The molecule has 2 heterocycles. The number of nitrogens with one attached hydrogen (secondary N) is 1. The number of anilines is 2. The second-order valence-corrected chi connectivity index (χ2v) is 6.14. The maximum Gasteiger partial charge on any atom is 0.0362 e. The quantitative estimate of drug-likeness (QED) is 0.900. The van der Waals surface area contributed by atoms with E-state index in [4.69, 9.17) is 0 Å². The van der Waals surface area contributed by atoms with Crippen LogP contribution in [0.1, 0.15) is 25.7 Å². The largest absolute Gasteiger partial charge is 0.382 e. The van der Waals surface area contributed by atoms with Crippen LogP contribution in [-0.2, 0) is 0 Å². The van der Waals surface area contributed by atoms with Crippen molar-refractivity contribution in [2.75, 3.05) is 37.4 Å². The number of hydrogen-bond donors (Lipinski definition) is 1. The highest BCUT2D eigenvalue weighted by atomic mass is 15.2. The molecule has 104 valence electrons. The molecule has 0 bridgehead atoms. The van der Waals surface area contributed by atoms with Crippen LogP contribution >= 0.6 is 0 Å². The van der Waals surface area contributed by atoms with Gasteiger partial charge in [-0.1, -0.05) is 0 Å². The molecule has 2 unspecified atom stereocenters. The zero-order valence-corrected chi connectivity index (χ0v) is 12.1. The summed E-state index contributed by atoms with van der Waals surface area (Å²) in [7, 11) is 4.16. The Bertz CT molecular complexity index is 413. The van der Waals surface area contributed by atoms with E-state index < -0.39 is 0 Å². The summed E-state index contributed by atoms with van der Waals surface area (Å²) in [6.45, 7) is 2.60. The van der Waals surface area contributed by atoms with Crippen LogP contribution in [0, 0.1) is 0 Å². The van der Waals surface area contributed by atoms with Crippen LogP contribution in [0.3, 0.4) is 0 Å². The third-order valence-corrected chi connectivity index (χ3v) is 4.57. The highest BCUT2D eigenvalue weighted by Crippen LogP contribution is 2.28. The molecule has 0 spiro atoms. The van der Waals surface area contributed by atoms with E-state index in [0.29, 0.717) is 6.04 Å². The lowest BCUT2D eigenvalue weighted by Gasteiger charge is -2.35. The van der Waals surface area contributed by atoms with Crippen LogP contribution in [0.4, 0.5) is 11.4 Å². The van der Waals surface area contributed by atoms with Crippen molar-refractivity contribution in [2.24, 2.45) is 0 Å². The molecule has 2 aliphatic heterocycles. The van der Waals surface area contributed by atoms with Gasteiger partial charge in [0.25, 0.3) is 0 Å². The van der Waals surface area contributed by atoms with Gasteiger partial charge >= 0.3 is 0 Å². The van der Waals surface area contributed by atoms with Gasteiger partial charge in [0.15, 0.2) is 0 Å². The molecule has 1 aromatic rings. The number of fused-ring (bicyclic) bond motifs is 1. The summed E-state index contributed by atoms with van der Waals surface area (Å²) < 4.78 is 0. The van der Waals surface area contributed by atoms with Crippen LogP contribution < -0.4 is 10.2 Å². The molecule has 2 aliphatic rings. The maximum atomic E-state index is 3.71. The Kier molecular flexibility index (Phi) is 3.65. The Morgan fingerprint density at radius 1 is 1.11 bits per heavy atom. The highest BCUT2D eigenvalue weighted by Gasteiger charge is 2.31. The molecule has 2 atom stereocenters. The molecule has 2 fully saturated rings. The lowest BCUT2D eigenvalue weighted by Crippen LogP contribution is -2.42. The van der Waals surface area contributed by atoms with Crippen molar-refractivity contribution in [3.63, 3.8) is 0 Å². The van der Waals surface area contributed by atoms with Crippen molar-refractivity contribution in [1.82, 2.24) is 4.90 Å². The van der Waals surface area contributed by atoms with Crippen LogP contribution in [0.2, 0.25) is 0 Å². The van der Waals surface area contributed by atoms with Gasteiger partial charge in [-0.15, -0.1) is 0 Å². The Hall–Kier alpha value is -1.22. The van der Waals surface area contributed by atoms with Crippen molar-refractivity contribution < 1.29 is 0 Å². The number of benzene rings is 1. The average molecular weight is 259 g/mol. The van der Waals surface area contributed by atoms with Crippen molar-refractivity contribution in [3.05, 3.63) is 24.3 Å². The van der Waals surface area contributed by atoms with Crippen molar-refractivity contribution >= 4 is 11.4 Å². The summed E-state index contributed by atoms with van der Waals surface area (Å²) in [6, 6.07) is 10.3. The molecular formula is C16H25N3. The zero-order valence-electron chi connectivity index (χ0n) is 12.1. The molecule has 0 aromatic heterocycles. The number of rotatable bonds is 3. The standard InChI is InChI=1S/C16H25N3/c1-18(2)15-7-5-13(6-8-15)17-14-9-11-19-10-3-4-16(19)12-14/h5-8,14,16-17H,3-4,9-12H2,1-2H3. The van der Waals surface area contributed by atoms with Crippen LogP contribution in [0.25, 0.3) is 0 Å². The summed E-state index contributed by atoms with van der Waals surface area (Å²) in [5.74, 6) is 0. The molecule has 19 heavy (non-hydrogen) atoms. The predicted octanol–water partition coefficient (Wildman–Crippen LogP) is 2.79. The smallest absolute Gasteiger partial charge is 0.0362 e. The minimum atomic E-state index is 0.657. The van der Waals surface area contributed by atoms with E-state index in [1.54, 1.807) is 0 Å². The fourth-order valence-corrected chi connectivity index (χ4v) is 3.45. The lowest BCUT2D eigenvalue weighted by atomic mass is 9.97. The first-order valence-electron chi connectivity index (χ1n) is 7.50. The first-order chi connectivity index (χ1) is 9.22. The second kappa shape index (κ2) is 5.41. The molecule has 3 heteroatoms. The van der Waals surface area contributed by atoms with E-state index in [0.717, 1.165) is 6.04 Å². The molecular weight excluding hydrogens is 234 g/mol. The predicted molar refractivity (Wildman–Crippen MR) is 82.0 cm³/mol. The number of nitrogens with zero attached hydrogens (tertiary/aromatic N) is 2. The first-order valence-corrected chi connectivity index (χ1v) is 7.50. The summed E-state index contributed by atoms with van der Waals surface area (Å²) in [4.78, 5) is 4.81. The average Bonchev–Trinajstić information content (AvgIpc) is 2.87. The van der Waals surface area contributed by atoms with Crippen LogP contribution in [0.5, 0.6) is 0 Å². The van der Waals surface area contributed by atoms with Gasteiger partial charge in [0, 0.05) is 44.1 Å². The van der Waals surface area contributed by atoms with E-state index in [-0.39, 0.29) is 0 Å². The highest BCUT2D eigenvalue weighted by molar-refractivity contribution is 5.54. The van der Waals surface area contributed by atoms with Crippen molar-refractivity contribution in [3.8, 4) is 0 Å². The van der Waals surface area contributed by atoms with Crippen molar-refractivity contribution in [2.45, 2.75) is 37.8 Å². The van der Waals surface area contributed by atoms with E-state index in [2.05, 4.69) is 53.5 Å². The van der Waals surface area contributed by atoms with E-state index in [1.807, 2.05) is 0 Å². The Balaban J connectivity index is 1.59. The van der Waals surface area contributed by atoms with Gasteiger partial charge in [-0.2, -0.15) is 0 Å². The molecule has 0 saturated carbocycles. The van der Waals surface area contributed by atoms with Gasteiger partial charge < -0.3 is 15.1 Å². The van der Waals surface area contributed by atoms with Crippen molar-refractivity contribution in [1.29, 1.82) is 0 Å². The van der Waals surface area contributed by atoms with Gasteiger partial charge in [0.1, 0.15) is 0 Å². The molecule has 1 aromatic carbocycles. The van der Waals surface area contributed by atoms with Gasteiger partial charge in [0.2, 0.25) is 0 Å². The van der Waals surface area contributed by atoms with Gasteiger partial charge in [0.05, 0.1) is 0 Å². The molecule has 3 nitrogen and oxygen atoms in total. The summed E-state index contributed by atoms with van der Waals surface area (Å²) in [5.41, 5.74) is 2.53. The number of piperidine rings is 1. The van der Waals surface area contributed by atoms with Gasteiger partial charge in [-0.3, -0.25) is 0 Å². The normalized spacial score (nSPS) is 27.1. The summed E-state index contributed by atoms with van der Waals surface area (Å²) in [6.07, 6.45) is 5.40. The van der Waals surface area contributed by atoms with E-state index in [9.17, 15) is 0 Å². The maximum absolute atomic E-state index is 3.71. The first kappa shape index (κ1) is 12.8. The minimum absolute atomic E-state index is 0.657. The third kappa shape index (κ3) is 2.86. The van der Waals surface area contributed by atoms with Gasteiger partial charge in [-0.25, -0.2) is 0 Å². The minimum Gasteiger partial charge on any atom is -0.382 e. The van der Waals surface area contributed by atoms with Crippen LogP contribution in [-0.4, -0.2) is 44.2 Å². The lowest BCUT2D eigenvalue weighted by molar-refractivity contribution is 0.188.